The molecule has 0 N–H and O–H groups in total. The summed E-state index contributed by atoms with van der Waals surface area (Å²) >= 11 is 0. The smallest absolute Gasteiger partial charge is 0.00894 e. The zero-order chi connectivity index (χ0) is 11.4. The van der Waals surface area contributed by atoms with Crippen molar-refractivity contribution in [1.29, 1.82) is 0 Å². The van der Waals surface area contributed by atoms with Crippen LogP contribution in [0.25, 0.3) is 0 Å². The Bertz CT molecular complexity index is 91.2. The van der Waals surface area contributed by atoms with Crippen LogP contribution in [0.4, 0.5) is 0 Å². The van der Waals surface area contributed by atoms with Crippen molar-refractivity contribution in [2.24, 2.45) is 0 Å². The first-order valence-corrected chi connectivity index (χ1v) is 6.37. The van der Waals surface area contributed by atoms with Crippen molar-refractivity contribution >= 4 is 0 Å². The van der Waals surface area contributed by atoms with Crippen molar-refractivity contribution in [3.63, 3.8) is 0 Å². The van der Waals surface area contributed by atoms with Gasteiger partial charge in [0.25, 0.3) is 0 Å². The van der Waals surface area contributed by atoms with E-state index in [-0.39, 0.29) is 0 Å². The van der Waals surface area contributed by atoms with E-state index in [4.69, 9.17) is 0 Å². The third kappa shape index (κ3) is 10.0. The van der Waals surface area contributed by atoms with Crippen LogP contribution in [0.5, 0.6) is 0 Å². The molecule has 0 aliphatic rings. The first-order chi connectivity index (χ1) is 6.67. The Balaban J connectivity index is 0. The van der Waals surface area contributed by atoms with Gasteiger partial charge >= 0.3 is 0 Å². The molecule has 0 aromatic carbocycles. The molecule has 0 saturated carbocycles. The summed E-state index contributed by atoms with van der Waals surface area (Å²) in [6, 6.07) is 0.819. The summed E-state index contributed by atoms with van der Waals surface area (Å²) in [5, 5.41) is 0. The predicted molar refractivity (Wildman–Crippen MR) is 67.9 cm³/mol. The molecule has 0 bridgehead atoms. The second-order valence-electron chi connectivity index (χ2n) is 4.04. The van der Waals surface area contributed by atoms with Gasteiger partial charge < -0.3 is 4.90 Å². The Hall–Kier alpha value is -0.0400. The summed E-state index contributed by atoms with van der Waals surface area (Å²) in [6.45, 7) is 12.3. The summed E-state index contributed by atoms with van der Waals surface area (Å²) in [5.74, 6) is 0. The molecule has 0 aliphatic carbocycles. The molecule has 0 aliphatic heterocycles. The van der Waals surface area contributed by atoms with E-state index in [9.17, 15) is 0 Å². The second-order valence-corrected chi connectivity index (χ2v) is 4.04. The fourth-order valence-electron chi connectivity index (χ4n) is 1.60. The van der Waals surface area contributed by atoms with Crippen LogP contribution in [0.15, 0.2) is 0 Å². The van der Waals surface area contributed by atoms with Crippen LogP contribution in [-0.4, -0.2) is 24.5 Å². The molecule has 0 aromatic rings. The molecule has 14 heavy (non-hydrogen) atoms. The summed E-state index contributed by atoms with van der Waals surface area (Å²) < 4.78 is 0. The van der Waals surface area contributed by atoms with E-state index in [0.29, 0.717) is 0 Å². The zero-order valence-corrected chi connectivity index (χ0v) is 11.3. The highest BCUT2D eigenvalue weighted by Gasteiger charge is 2.09. The van der Waals surface area contributed by atoms with Gasteiger partial charge in [0.15, 0.2) is 0 Å². The van der Waals surface area contributed by atoms with E-state index in [1.807, 2.05) is 0 Å². The largest absolute Gasteiger partial charge is 0.303 e. The van der Waals surface area contributed by atoms with Crippen molar-refractivity contribution in [3.05, 3.63) is 0 Å². The van der Waals surface area contributed by atoms with E-state index in [0.717, 1.165) is 6.04 Å². The van der Waals surface area contributed by atoms with Crippen LogP contribution < -0.4 is 0 Å². The van der Waals surface area contributed by atoms with Gasteiger partial charge in [0.1, 0.15) is 0 Å². The van der Waals surface area contributed by atoms with Crippen LogP contribution in [0, 0.1) is 0 Å². The standard InChI is InChI=1S/C10H23N.C3H8/c1-5-8-10(7-3)11(4)9-6-2;1-3-2/h10H,5-9H2,1-4H3;3H2,1-2H3. The predicted octanol–water partition coefficient (Wildman–Crippen LogP) is 4.32. The molecule has 0 amide bonds. The van der Waals surface area contributed by atoms with E-state index in [1.165, 1.54) is 38.6 Å². The van der Waals surface area contributed by atoms with Crippen molar-refractivity contribution in [1.82, 2.24) is 4.90 Å². The molecule has 1 atom stereocenters. The maximum atomic E-state index is 2.49. The molecule has 0 fully saturated rings. The minimum absolute atomic E-state index is 0.819. The number of rotatable bonds is 6. The molecule has 88 valence electrons. The van der Waals surface area contributed by atoms with Gasteiger partial charge in [0.2, 0.25) is 0 Å². The van der Waals surface area contributed by atoms with Gasteiger partial charge in [-0.3, -0.25) is 0 Å². The first kappa shape index (κ1) is 16.4. The zero-order valence-electron chi connectivity index (χ0n) is 11.3. The lowest BCUT2D eigenvalue weighted by molar-refractivity contribution is 0.223. The quantitative estimate of drug-likeness (QED) is 0.618. The highest BCUT2D eigenvalue weighted by molar-refractivity contribution is 4.65. The number of nitrogens with zero attached hydrogens (tertiary/aromatic N) is 1. The highest BCUT2D eigenvalue weighted by Crippen LogP contribution is 2.08. The molecule has 1 unspecified atom stereocenters. The van der Waals surface area contributed by atoms with Gasteiger partial charge in [0, 0.05) is 6.04 Å². The van der Waals surface area contributed by atoms with Crippen LogP contribution in [0.2, 0.25) is 0 Å². The van der Waals surface area contributed by atoms with E-state index in [2.05, 4.69) is 46.6 Å². The molecule has 0 rings (SSSR count). The maximum Gasteiger partial charge on any atom is 0.00894 e. The first-order valence-electron chi connectivity index (χ1n) is 6.37. The van der Waals surface area contributed by atoms with Crippen LogP contribution in [-0.2, 0) is 0 Å². The highest BCUT2D eigenvalue weighted by atomic mass is 15.1. The van der Waals surface area contributed by atoms with E-state index >= 15 is 0 Å². The summed E-state index contributed by atoms with van der Waals surface area (Å²) in [7, 11) is 2.24. The minimum Gasteiger partial charge on any atom is -0.303 e. The minimum atomic E-state index is 0.819. The maximum absolute atomic E-state index is 2.49. The molecule has 0 radical (unpaired) electrons. The third-order valence-electron chi connectivity index (χ3n) is 2.29. The fourth-order valence-corrected chi connectivity index (χ4v) is 1.60. The molecule has 1 heteroatoms. The van der Waals surface area contributed by atoms with E-state index in [1.54, 1.807) is 0 Å². The number of hydrogen-bond acceptors (Lipinski definition) is 1. The van der Waals surface area contributed by atoms with Gasteiger partial charge in [-0.25, -0.2) is 0 Å². The van der Waals surface area contributed by atoms with Crippen LogP contribution in [0.1, 0.15) is 66.7 Å². The SMILES string of the molecule is CCC.CCCC(CC)N(C)CCC. The molecular weight excluding hydrogens is 170 g/mol. The van der Waals surface area contributed by atoms with Crippen molar-refractivity contribution in [2.75, 3.05) is 13.6 Å². The van der Waals surface area contributed by atoms with Gasteiger partial charge in [-0.2, -0.15) is 0 Å². The van der Waals surface area contributed by atoms with Crippen molar-refractivity contribution in [3.8, 4) is 0 Å². The van der Waals surface area contributed by atoms with E-state index < -0.39 is 0 Å². The van der Waals surface area contributed by atoms with Crippen LogP contribution in [0.3, 0.4) is 0 Å². The second kappa shape index (κ2) is 13.0. The number of hydrogen-bond donors (Lipinski definition) is 0. The normalized spacial score (nSPS) is 12.2. The lowest BCUT2D eigenvalue weighted by Gasteiger charge is -2.26. The molecule has 0 heterocycles. The van der Waals surface area contributed by atoms with Gasteiger partial charge in [0.05, 0.1) is 0 Å². The Morgan fingerprint density at radius 2 is 1.43 bits per heavy atom. The Kier molecular flexibility index (Phi) is 15.2. The average molecular weight is 201 g/mol. The monoisotopic (exact) mass is 201 g/mol. The van der Waals surface area contributed by atoms with Gasteiger partial charge in [-0.1, -0.05) is 47.5 Å². The Morgan fingerprint density at radius 3 is 1.71 bits per heavy atom. The van der Waals surface area contributed by atoms with Crippen LogP contribution >= 0.6 is 0 Å². The average Bonchev–Trinajstić information content (AvgIpc) is 2.15. The summed E-state index contributed by atoms with van der Waals surface area (Å²) in [4.78, 5) is 2.49. The Labute approximate surface area is 91.9 Å². The van der Waals surface area contributed by atoms with Crippen molar-refractivity contribution in [2.45, 2.75) is 72.8 Å². The summed E-state index contributed by atoms with van der Waals surface area (Å²) in [6.07, 6.45) is 6.49. The van der Waals surface area contributed by atoms with Gasteiger partial charge in [-0.15, -0.1) is 0 Å². The van der Waals surface area contributed by atoms with Gasteiger partial charge in [-0.05, 0) is 32.9 Å². The molecule has 0 aromatic heterocycles. The van der Waals surface area contributed by atoms with Crippen molar-refractivity contribution < 1.29 is 0 Å². The topological polar surface area (TPSA) is 3.24 Å². The lowest BCUT2D eigenvalue weighted by atomic mass is 10.1. The summed E-state index contributed by atoms with van der Waals surface area (Å²) in [5.41, 5.74) is 0. The molecular formula is C13H31N. The molecule has 1 nitrogen and oxygen atoms in total. The fraction of sp³-hybridized carbons (Fsp3) is 1.00. The lowest BCUT2D eigenvalue weighted by Crippen LogP contribution is -2.31. The molecule has 0 saturated heterocycles. The third-order valence-corrected chi connectivity index (χ3v) is 2.29. The molecule has 0 spiro atoms. The Morgan fingerprint density at radius 1 is 0.929 bits per heavy atom.